The van der Waals surface area contributed by atoms with Crippen molar-refractivity contribution in [3.05, 3.63) is 83.9 Å². The fraction of sp³-hybridized carbons (Fsp3) is 0.360. The molecule has 0 saturated heterocycles. The SMILES string of the molecule is CC(C)(C)c1ccc(OCCCC(=O)NCc2ccc(Cn3ccnc3)cc2)cc1. The van der Waals surface area contributed by atoms with Gasteiger partial charge in [-0.25, -0.2) is 4.98 Å². The number of amides is 1. The number of rotatable bonds is 9. The molecule has 0 aliphatic heterocycles. The van der Waals surface area contributed by atoms with Crippen molar-refractivity contribution in [3.8, 4) is 5.75 Å². The molecule has 0 aliphatic carbocycles. The zero-order valence-corrected chi connectivity index (χ0v) is 18.1. The van der Waals surface area contributed by atoms with Crippen LogP contribution < -0.4 is 10.1 Å². The van der Waals surface area contributed by atoms with E-state index < -0.39 is 0 Å². The van der Waals surface area contributed by atoms with E-state index in [9.17, 15) is 4.79 Å². The van der Waals surface area contributed by atoms with Crippen molar-refractivity contribution >= 4 is 5.91 Å². The summed E-state index contributed by atoms with van der Waals surface area (Å²) in [6.07, 6.45) is 6.67. The maximum atomic E-state index is 12.1. The number of aromatic nitrogens is 2. The summed E-state index contributed by atoms with van der Waals surface area (Å²) in [7, 11) is 0. The van der Waals surface area contributed by atoms with Crippen LogP contribution in [0.1, 0.15) is 50.3 Å². The van der Waals surface area contributed by atoms with Crippen LogP contribution in [0.5, 0.6) is 5.75 Å². The maximum absolute atomic E-state index is 12.1. The predicted molar refractivity (Wildman–Crippen MR) is 119 cm³/mol. The molecular formula is C25H31N3O2. The number of nitrogens with one attached hydrogen (secondary N) is 1. The third kappa shape index (κ3) is 6.76. The maximum Gasteiger partial charge on any atom is 0.220 e. The van der Waals surface area contributed by atoms with E-state index in [0.29, 0.717) is 26.0 Å². The number of imidazole rings is 1. The van der Waals surface area contributed by atoms with Crippen LogP contribution in [0.4, 0.5) is 0 Å². The number of nitrogens with zero attached hydrogens (tertiary/aromatic N) is 2. The van der Waals surface area contributed by atoms with Gasteiger partial charge in [0.15, 0.2) is 0 Å². The van der Waals surface area contributed by atoms with Gasteiger partial charge in [0.1, 0.15) is 5.75 Å². The second kappa shape index (κ2) is 10.1. The first kappa shape index (κ1) is 21.6. The molecule has 5 heteroatoms. The summed E-state index contributed by atoms with van der Waals surface area (Å²) >= 11 is 0. The van der Waals surface area contributed by atoms with Crippen molar-refractivity contribution in [2.24, 2.45) is 0 Å². The lowest BCUT2D eigenvalue weighted by atomic mass is 9.87. The van der Waals surface area contributed by atoms with Crippen LogP contribution in [0.15, 0.2) is 67.3 Å². The molecule has 0 spiro atoms. The normalized spacial score (nSPS) is 11.3. The van der Waals surface area contributed by atoms with Gasteiger partial charge in [0.2, 0.25) is 5.91 Å². The standard InChI is InChI=1S/C25H31N3O2/c1-25(2,3)22-10-12-23(13-11-22)30-16-4-5-24(29)27-17-20-6-8-21(9-7-20)18-28-15-14-26-19-28/h6-15,19H,4-5,16-18H2,1-3H3,(H,27,29). The molecule has 0 unspecified atom stereocenters. The van der Waals surface area contributed by atoms with Gasteiger partial charge >= 0.3 is 0 Å². The van der Waals surface area contributed by atoms with Gasteiger partial charge in [0, 0.05) is 31.9 Å². The molecule has 1 heterocycles. The van der Waals surface area contributed by atoms with Crippen LogP contribution >= 0.6 is 0 Å². The first-order valence-electron chi connectivity index (χ1n) is 10.4. The second-order valence-corrected chi connectivity index (χ2v) is 8.55. The van der Waals surface area contributed by atoms with Crippen molar-refractivity contribution in [2.75, 3.05) is 6.61 Å². The number of benzene rings is 2. The van der Waals surface area contributed by atoms with Crippen molar-refractivity contribution in [1.82, 2.24) is 14.9 Å². The summed E-state index contributed by atoms with van der Waals surface area (Å²) in [5.74, 6) is 0.892. The lowest BCUT2D eigenvalue weighted by Crippen LogP contribution is -2.23. The Morgan fingerprint density at radius 1 is 1.03 bits per heavy atom. The Labute approximate surface area is 179 Å². The Morgan fingerprint density at radius 2 is 1.73 bits per heavy atom. The van der Waals surface area contributed by atoms with Gasteiger partial charge in [-0.3, -0.25) is 4.79 Å². The fourth-order valence-corrected chi connectivity index (χ4v) is 3.12. The number of hydrogen-bond donors (Lipinski definition) is 1. The molecule has 3 aromatic rings. The molecule has 158 valence electrons. The first-order chi connectivity index (χ1) is 14.4. The van der Waals surface area contributed by atoms with Crippen molar-refractivity contribution in [2.45, 2.75) is 52.1 Å². The molecule has 5 nitrogen and oxygen atoms in total. The van der Waals surface area contributed by atoms with E-state index in [4.69, 9.17) is 4.74 Å². The zero-order valence-electron chi connectivity index (χ0n) is 18.1. The quantitative estimate of drug-likeness (QED) is 0.525. The number of hydrogen-bond acceptors (Lipinski definition) is 3. The Bertz CT molecular complexity index is 909. The molecule has 1 aromatic heterocycles. The molecule has 3 rings (SSSR count). The summed E-state index contributed by atoms with van der Waals surface area (Å²) in [4.78, 5) is 16.1. The number of carbonyl (C=O) groups excluding carboxylic acids is 1. The van der Waals surface area contributed by atoms with Crippen LogP contribution in [-0.4, -0.2) is 22.1 Å². The molecule has 0 aliphatic rings. The molecule has 0 saturated carbocycles. The van der Waals surface area contributed by atoms with E-state index in [1.807, 2.05) is 22.9 Å². The van der Waals surface area contributed by atoms with E-state index in [-0.39, 0.29) is 11.3 Å². The molecule has 30 heavy (non-hydrogen) atoms. The number of ether oxygens (including phenoxy) is 1. The monoisotopic (exact) mass is 405 g/mol. The van der Waals surface area contributed by atoms with E-state index in [2.05, 4.69) is 67.5 Å². The predicted octanol–water partition coefficient (Wildman–Crippen LogP) is 4.70. The summed E-state index contributed by atoms with van der Waals surface area (Å²) in [6, 6.07) is 16.5. The van der Waals surface area contributed by atoms with Gasteiger partial charge in [-0.05, 0) is 40.7 Å². The molecule has 2 aromatic carbocycles. The van der Waals surface area contributed by atoms with Gasteiger partial charge in [0.05, 0.1) is 12.9 Å². The average molecular weight is 406 g/mol. The fourth-order valence-electron chi connectivity index (χ4n) is 3.12. The lowest BCUT2D eigenvalue weighted by Gasteiger charge is -2.19. The Kier molecular flexibility index (Phi) is 7.28. The molecule has 0 fully saturated rings. The lowest BCUT2D eigenvalue weighted by molar-refractivity contribution is -0.121. The van der Waals surface area contributed by atoms with Crippen molar-refractivity contribution in [1.29, 1.82) is 0 Å². The van der Waals surface area contributed by atoms with E-state index >= 15 is 0 Å². The topological polar surface area (TPSA) is 56.1 Å². The highest BCUT2D eigenvalue weighted by molar-refractivity contribution is 5.75. The Hall–Kier alpha value is -3.08. The van der Waals surface area contributed by atoms with Crippen molar-refractivity contribution < 1.29 is 9.53 Å². The van der Waals surface area contributed by atoms with Crippen LogP contribution in [0.3, 0.4) is 0 Å². The molecule has 0 radical (unpaired) electrons. The molecule has 0 bridgehead atoms. The summed E-state index contributed by atoms with van der Waals surface area (Å²) in [5, 5.41) is 2.98. The minimum absolute atomic E-state index is 0.0455. The molecule has 0 atom stereocenters. The summed E-state index contributed by atoms with van der Waals surface area (Å²) < 4.78 is 7.78. The summed E-state index contributed by atoms with van der Waals surface area (Å²) in [6.45, 7) is 8.45. The minimum Gasteiger partial charge on any atom is -0.494 e. The Morgan fingerprint density at radius 3 is 2.37 bits per heavy atom. The third-order valence-electron chi connectivity index (χ3n) is 4.97. The minimum atomic E-state index is 0.0455. The molecule has 1 amide bonds. The highest BCUT2D eigenvalue weighted by Crippen LogP contribution is 2.24. The van der Waals surface area contributed by atoms with Gasteiger partial charge < -0.3 is 14.6 Å². The van der Waals surface area contributed by atoms with Crippen molar-refractivity contribution in [3.63, 3.8) is 0 Å². The van der Waals surface area contributed by atoms with Crippen LogP contribution in [0.25, 0.3) is 0 Å². The Balaban J connectivity index is 1.33. The van der Waals surface area contributed by atoms with Crippen LogP contribution in [0.2, 0.25) is 0 Å². The van der Waals surface area contributed by atoms with Gasteiger partial charge in [-0.2, -0.15) is 0 Å². The summed E-state index contributed by atoms with van der Waals surface area (Å²) in [5.41, 5.74) is 3.71. The van der Waals surface area contributed by atoms with E-state index in [0.717, 1.165) is 17.9 Å². The second-order valence-electron chi connectivity index (χ2n) is 8.55. The molecule has 1 N–H and O–H groups in total. The van der Waals surface area contributed by atoms with Gasteiger partial charge in [0.25, 0.3) is 0 Å². The molecular weight excluding hydrogens is 374 g/mol. The highest BCUT2D eigenvalue weighted by Gasteiger charge is 2.13. The zero-order chi connectivity index (χ0) is 21.4. The first-order valence-corrected chi connectivity index (χ1v) is 10.4. The number of carbonyl (C=O) groups is 1. The van der Waals surface area contributed by atoms with Crippen LogP contribution in [-0.2, 0) is 23.3 Å². The van der Waals surface area contributed by atoms with E-state index in [1.165, 1.54) is 11.1 Å². The smallest absolute Gasteiger partial charge is 0.220 e. The van der Waals surface area contributed by atoms with Gasteiger partial charge in [-0.1, -0.05) is 57.2 Å². The highest BCUT2D eigenvalue weighted by atomic mass is 16.5. The van der Waals surface area contributed by atoms with E-state index in [1.54, 1.807) is 12.5 Å². The third-order valence-corrected chi connectivity index (χ3v) is 4.97. The average Bonchev–Trinajstić information content (AvgIpc) is 3.23. The largest absolute Gasteiger partial charge is 0.494 e. The van der Waals surface area contributed by atoms with Crippen LogP contribution in [0, 0.1) is 0 Å². The van der Waals surface area contributed by atoms with Gasteiger partial charge in [-0.15, -0.1) is 0 Å².